The van der Waals surface area contributed by atoms with E-state index in [2.05, 4.69) is 17.6 Å². The average molecular weight is 244 g/mol. The maximum absolute atomic E-state index is 11.4. The van der Waals surface area contributed by atoms with Gasteiger partial charge in [0.05, 0.1) is 12.5 Å². The highest BCUT2D eigenvalue weighted by atomic mass is 16.5. The highest BCUT2D eigenvalue weighted by molar-refractivity contribution is 5.74. The Hall–Kier alpha value is -1.30. The molecule has 0 aromatic carbocycles. The first-order valence-electron chi connectivity index (χ1n) is 5.71. The molecular weight excluding hydrogens is 224 g/mol. The van der Waals surface area contributed by atoms with Crippen molar-refractivity contribution in [2.45, 2.75) is 32.3 Å². The Morgan fingerprint density at radius 1 is 1.41 bits per heavy atom. The predicted molar refractivity (Wildman–Crippen MR) is 61.8 cm³/mol. The molecular formula is C11H20N2O4. The van der Waals surface area contributed by atoms with Gasteiger partial charge < -0.3 is 20.5 Å². The van der Waals surface area contributed by atoms with Gasteiger partial charge in [-0.05, 0) is 18.3 Å². The van der Waals surface area contributed by atoms with Crippen molar-refractivity contribution in [3.05, 3.63) is 0 Å². The van der Waals surface area contributed by atoms with Crippen LogP contribution in [0, 0.1) is 5.41 Å². The van der Waals surface area contributed by atoms with Gasteiger partial charge in [0.15, 0.2) is 0 Å². The first kappa shape index (κ1) is 13.8. The minimum absolute atomic E-state index is 0.117. The highest BCUT2D eigenvalue weighted by Crippen LogP contribution is 2.43. The van der Waals surface area contributed by atoms with Crippen molar-refractivity contribution in [2.24, 2.45) is 5.41 Å². The number of urea groups is 1. The maximum Gasteiger partial charge on any atom is 0.314 e. The molecule has 0 saturated heterocycles. The molecule has 1 aliphatic carbocycles. The van der Waals surface area contributed by atoms with Crippen molar-refractivity contribution in [1.29, 1.82) is 0 Å². The van der Waals surface area contributed by atoms with Gasteiger partial charge in [-0.15, -0.1) is 0 Å². The van der Waals surface area contributed by atoms with E-state index < -0.39 is 12.1 Å². The van der Waals surface area contributed by atoms with E-state index in [4.69, 9.17) is 9.84 Å². The Kier molecular flexibility index (Phi) is 4.74. The molecule has 6 heteroatoms. The fourth-order valence-corrected chi connectivity index (χ4v) is 1.39. The summed E-state index contributed by atoms with van der Waals surface area (Å²) in [5.74, 6) is -0.940. The van der Waals surface area contributed by atoms with Gasteiger partial charge in [-0.2, -0.15) is 0 Å². The van der Waals surface area contributed by atoms with E-state index in [1.807, 2.05) is 0 Å². The molecule has 1 fully saturated rings. The molecule has 1 saturated carbocycles. The van der Waals surface area contributed by atoms with E-state index in [0.717, 1.165) is 12.8 Å². The van der Waals surface area contributed by atoms with Gasteiger partial charge in [0, 0.05) is 20.2 Å². The lowest BCUT2D eigenvalue weighted by Gasteiger charge is -2.15. The van der Waals surface area contributed by atoms with Crippen molar-refractivity contribution in [3.8, 4) is 0 Å². The van der Waals surface area contributed by atoms with Crippen LogP contribution in [0.1, 0.15) is 26.2 Å². The van der Waals surface area contributed by atoms with Crippen molar-refractivity contribution in [2.75, 3.05) is 20.2 Å². The summed E-state index contributed by atoms with van der Waals surface area (Å²) in [5.41, 5.74) is 0.263. The number of aliphatic carboxylic acids is 1. The van der Waals surface area contributed by atoms with E-state index >= 15 is 0 Å². The van der Waals surface area contributed by atoms with E-state index in [0.29, 0.717) is 6.54 Å². The van der Waals surface area contributed by atoms with Crippen LogP contribution in [0.25, 0.3) is 0 Å². The van der Waals surface area contributed by atoms with Crippen LogP contribution >= 0.6 is 0 Å². The van der Waals surface area contributed by atoms with Crippen LogP contribution in [-0.2, 0) is 9.53 Å². The maximum atomic E-state index is 11.4. The number of amides is 2. The number of carboxylic acids is 1. The fourth-order valence-electron chi connectivity index (χ4n) is 1.39. The van der Waals surface area contributed by atoms with Crippen LogP contribution in [0.15, 0.2) is 0 Å². The summed E-state index contributed by atoms with van der Waals surface area (Å²) in [6, 6.07) is -0.273. The SMILES string of the molecule is COC(CNC(=O)NCC1(C)CC1)CC(=O)O. The lowest BCUT2D eigenvalue weighted by Crippen LogP contribution is -2.42. The zero-order chi connectivity index (χ0) is 12.9. The third kappa shape index (κ3) is 5.53. The molecule has 0 bridgehead atoms. The van der Waals surface area contributed by atoms with E-state index in [1.165, 1.54) is 7.11 Å². The summed E-state index contributed by atoms with van der Waals surface area (Å²) in [6.07, 6.45) is 1.68. The number of carbonyl (C=O) groups is 2. The molecule has 2 amide bonds. The van der Waals surface area contributed by atoms with Crippen LogP contribution < -0.4 is 10.6 Å². The number of rotatable bonds is 7. The second kappa shape index (κ2) is 5.86. The molecule has 0 heterocycles. The quantitative estimate of drug-likeness (QED) is 0.611. The van der Waals surface area contributed by atoms with Crippen LogP contribution in [-0.4, -0.2) is 43.4 Å². The van der Waals surface area contributed by atoms with Crippen LogP contribution in [0.2, 0.25) is 0 Å². The number of hydrogen-bond acceptors (Lipinski definition) is 3. The summed E-state index contributed by atoms with van der Waals surface area (Å²) in [4.78, 5) is 21.9. The minimum atomic E-state index is -0.940. The van der Waals surface area contributed by atoms with Crippen LogP contribution in [0.4, 0.5) is 4.79 Å². The molecule has 1 unspecified atom stereocenters. The fraction of sp³-hybridized carbons (Fsp3) is 0.818. The molecule has 0 aromatic rings. The lowest BCUT2D eigenvalue weighted by molar-refractivity contribution is -0.139. The largest absolute Gasteiger partial charge is 0.481 e. The second-order valence-corrected chi connectivity index (χ2v) is 4.83. The van der Waals surface area contributed by atoms with Gasteiger partial charge in [-0.1, -0.05) is 6.92 Å². The van der Waals surface area contributed by atoms with Crippen molar-refractivity contribution in [3.63, 3.8) is 0 Å². The predicted octanol–water partition coefficient (Wildman–Crippen LogP) is 0.575. The standard InChI is InChI=1S/C11H20N2O4/c1-11(3-4-11)7-13-10(16)12-6-8(17-2)5-9(14)15/h8H,3-7H2,1-2H3,(H,14,15)(H2,12,13,16). The first-order valence-corrected chi connectivity index (χ1v) is 5.71. The Labute approximate surface area is 101 Å². The van der Waals surface area contributed by atoms with Crippen LogP contribution in [0.5, 0.6) is 0 Å². The summed E-state index contributed by atoms with van der Waals surface area (Å²) in [7, 11) is 1.43. The number of ether oxygens (including phenoxy) is 1. The van der Waals surface area contributed by atoms with Gasteiger partial charge in [0.2, 0.25) is 0 Å². The normalized spacial score (nSPS) is 18.2. The van der Waals surface area contributed by atoms with Gasteiger partial charge in [-0.3, -0.25) is 4.79 Å². The topological polar surface area (TPSA) is 87.7 Å². The van der Waals surface area contributed by atoms with Gasteiger partial charge in [-0.25, -0.2) is 4.79 Å². The third-order valence-corrected chi connectivity index (χ3v) is 3.01. The number of carbonyl (C=O) groups excluding carboxylic acids is 1. The summed E-state index contributed by atoms with van der Waals surface area (Å²) >= 11 is 0. The number of carboxylic acid groups (broad SMARTS) is 1. The zero-order valence-corrected chi connectivity index (χ0v) is 10.3. The molecule has 0 spiro atoms. The Bertz CT molecular complexity index is 289. The lowest BCUT2D eigenvalue weighted by atomic mass is 10.1. The molecule has 0 aromatic heterocycles. The van der Waals surface area contributed by atoms with E-state index in [1.54, 1.807) is 0 Å². The molecule has 1 aliphatic rings. The van der Waals surface area contributed by atoms with E-state index in [-0.39, 0.29) is 24.4 Å². The van der Waals surface area contributed by atoms with Crippen molar-refractivity contribution >= 4 is 12.0 Å². The number of methoxy groups -OCH3 is 1. The highest BCUT2D eigenvalue weighted by Gasteiger charge is 2.37. The molecule has 1 rings (SSSR count). The molecule has 98 valence electrons. The van der Waals surface area contributed by atoms with Gasteiger partial charge >= 0.3 is 12.0 Å². The average Bonchev–Trinajstić information content (AvgIpc) is 3.00. The number of nitrogens with one attached hydrogen (secondary N) is 2. The molecule has 0 aliphatic heterocycles. The summed E-state index contributed by atoms with van der Waals surface area (Å²) in [6.45, 7) is 2.98. The smallest absolute Gasteiger partial charge is 0.314 e. The summed E-state index contributed by atoms with van der Waals surface area (Å²) < 4.78 is 4.95. The molecule has 1 atom stereocenters. The van der Waals surface area contributed by atoms with Crippen molar-refractivity contribution in [1.82, 2.24) is 10.6 Å². The van der Waals surface area contributed by atoms with Crippen molar-refractivity contribution < 1.29 is 19.4 Å². The Balaban J connectivity index is 2.14. The molecule has 0 radical (unpaired) electrons. The molecule has 17 heavy (non-hydrogen) atoms. The zero-order valence-electron chi connectivity index (χ0n) is 10.3. The van der Waals surface area contributed by atoms with Gasteiger partial charge in [0.25, 0.3) is 0 Å². The first-order chi connectivity index (χ1) is 7.95. The minimum Gasteiger partial charge on any atom is -0.481 e. The summed E-state index contributed by atoms with van der Waals surface area (Å²) in [5, 5.41) is 14.0. The Morgan fingerprint density at radius 3 is 2.53 bits per heavy atom. The van der Waals surface area contributed by atoms with E-state index in [9.17, 15) is 9.59 Å². The third-order valence-electron chi connectivity index (χ3n) is 3.01. The van der Waals surface area contributed by atoms with Crippen LogP contribution in [0.3, 0.4) is 0 Å². The molecule has 3 N–H and O–H groups in total. The van der Waals surface area contributed by atoms with Gasteiger partial charge in [0.1, 0.15) is 0 Å². The Morgan fingerprint density at radius 2 is 2.06 bits per heavy atom. The second-order valence-electron chi connectivity index (χ2n) is 4.83. The number of hydrogen-bond donors (Lipinski definition) is 3. The molecule has 6 nitrogen and oxygen atoms in total. The monoisotopic (exact) mass is 244 g/mol.